The average Bonchev–Trinajstić information content (AvgIpc) is 2.16. The van der Waals surface area contributed by atoms with Crippen LogP contribution < -0.4 is 5.32 Å². The van der Waals surface area contributed by atoms with Gasteiger partial charge in [0.1, 0.15) is 11.6 Å². The molecule has 15 heavy (non-hydrogen) atoms. The van der Waals surface area contributed by atoms with E-state index < -0.39 is 11.6 Å². The van der Waals surface area contributed by atoms with Crippen LogP contribution in [0.4, 0.5) is 8.78 Å². The lowest BCUT2D eigenvalue weighted by Crippen LogP contribution is -2.20. The predicted octanol–water partition coefficient (Wildman–Crippen LogP) is 2.00. The Bertz CT molecular complexity index is 297. The molecule has 0 bridgehead atoms. The Morgan fingerprint density at radius 1 is 1.27 bits per heavy atom. The maximum Gasteiger partial charge on any atom is 0.126 e. The molecule has 0 spiro atoms. The third-order valence-electron chi connectivity index (χ3n) is 2.17. The van der Waals surface area contributed by atoms with Crippen molar-refractivity contribution in [2.24, 2.45) is 0 Å². The molecule has 84 valence electrons. The van der Waals surface area contributed by atoms with E-state index in [1.54, 1.807) is 0 Å². The van der Waals surface area contributed by atoms with Crippen LogP contribution in [-0.2, 0) is 0 Å². The average molecular weight is 215 g/mol. The van der Waals surface area contributed by atoms with E-state index in [-0.39, 0.29) is 12.6 Å². The van der Waals surface area contributed by atoms with Gasteiger partial charge in [-0.05, 0) is 37.6 Å². The van der Waals surface area contributed by atoms with Crippen molar-refractivity contribution in [3.05, 3.63) is 35.4 Å². The van der Waals surface area contributed by atoms with Crippen molar-refractivity contribution in [2.45, 2.75) is 19.4 Å². The summed E-state index contributed by atoms with van der Waals surface area (Å²) < 4.78 is 25.7. The summed E-state index contributed by atoms with van der Waals surface area (Å²) in [6, 6.07) is 3.34. The Morgan fingerprint density at radius 3 is 2.40 bits per heavy atom. The molecule has 0 heterocycles. The number of rotatable bonds is 5. The van der Waals surface area contributed by atoms with Gasteiger partial charge in [0, 0.05) is 18.7 Å². The summed E-state index contributed by atoms with van der Waals surface area (Å²) in [6.07, 6.45) is 0.627. The summed E-state index contributed by atoms with van der Waals surface area (Å²) in [4.78, 5) is 0. The largest absolute Gasteiger partial charge is 0.396 e. The summed E-state index contributed by atoms with van der Waals surface area (Å²) in [7, 11) is 0. The summed E-state index contributed by atoms with van der Waals surface area (Å²) in [5.74, 6) is -1.14. The molecule has 1 atom stereocenters. The van der Waals surface area contributed by atoms with Gasteiger partial charge in [0.15, 0.2) is 0 Å². The first-order chi connectivity index (χ1) is 7.13. The molecule has 0 aromatic heterocycles. The lowest BCUT2D eigenvalue weighted by Gasteiger charge is -2.13. The van der Waals surface area contributed by atoms with Gasteiger partial charge in [0.05, 0.1) is 0 Å². The van der Waals surface area contributed by atoms with Crippen LogP contribution in [0.15, 0.2) is 18.2 Å². The normalized spacial score (nSPS) is 12.8. The van der Waals surface area contributed by atoms with Crippen LogP contribution in [0.5, 0.6) is 0 Å². The maximum atomic E-state index is 12.9. The van der Waals surface area contributed by atoms with Gasteiger partial charge in [-0.15, -0.1) is 0 Å². The number of hydrogen-bond donors (Lipinski definition) is 2. The van der Waals surface area contributed by atoms with Gasteiger partial charge in [-0.25, -0.2) is 8.78 Å². The zero-order valence-electron chi connectivity index (χ0n) is 8.63. The van der Waals surface area contributed by atoms with Gasteiger partial charge in [-0.2, -0.15) is 0 Å². The van der Waals surface area contributed by atoms with Crippen LogP contribution in [0, 0.1) is 11.6 Å². The molecule has 0 unspecified atom stereocenters. The third-order valence-corrected chi connectivity index (χ3v) is 2.17. The van der Waals surface area contributed by atoms with Gasteiger partial charge < -0.3 is 10.4 Å². The highest BCUT2D eigenvalue weighted by Gasteiger charge is 2.07. The first-order valence-corrected chi connectivity index (χ1v) is 4.93. The third kappa shape index (κ3) is 3.93. The second kappa shape index (κ2) is 5.78. The van der Waals surface area contributed by atoms with Gasteiger partial charge >= 0.3 is 0 Å². The molecule has 1 rings (SSSR count). The van der Waals surface area contributed by atoms with Crippen LogP contribution >= 0.6 is 0 Å². The van der Waals surface area contributed by atoms with E-state index in [1.165, 1.54) is 12.1 Å². The van der Waals surface area contributed by atoms with Gasteiger partial charge in [-0.1, -0.05) is 0 Å². The highest BCUT2D eigenvalue weighted by Crippen LogP contribution is 2.15. The Kier molecular flexibility index (Phi) is 4.65. The molecule has 4 heteroatoms. The summed E-state index contributed by atoms with van der Waals surface area (Å²) in [5.41, 5.74) is 0.574. The molecule has 0 aliphatic rings. The van der Waals surface area contributed by atoms with Crippen molar-refractivity contribution in [1.82, 2.24) is 5.32 Å². The minimum Gasteiger partial charge on any atom is -0.396 e. The molecular formula is C11H15F2NO. The molecule has 0 saturated heterocycles. The number of aliphatic hydroxyl groups excluding tert-OH is 1. The number of hydrogen-bond acceptors (Lipinski definition) is 2. The Morgan fingerprint density at radius 2 is 1.87 bits per heavy atom. The van der Waals surface area contributed by atoms with Crippen molar-refractivity contribution in [3.8, 4) is 0 Å². The zero-order valence-corrected chi connectivity index (χ0v) is 8.63. The molecule has 0 fully saturated rings. The van der Waals surface area contributed by atoms with Gasteiger partial charge in [0.25, 0.3) is 0 Å². The smallest absolute Gasteiger partial charge is 0.126 e. The van der Waals surface area contributed by atoms with Gasteiger partial charge in [0.2, 0.25) is 0 Å². The van der Waals surface area contributed by atoms with Crippen LogP contribution in [0.25, 0.3) is 0 Å². The number of benzene rings is 1. The predicted molar refractivity (Wildman–Crippen MR) is 54.5 cm³/mol. The van der Waals surface area contributed by atoms with Crippen molar-refractivity contribution in [2.75, 3.05) is 13.2 Å². The fraction of sp³-hybridized carbons (Fsp3) is 0.455. The van der Waals surface area contributed by atoms with Gasteiger partial charge in [-0.3, -0.25) is 0 Å². The molecule has 0 saturated carbocycles. The number of nitrogens with one attached hydrogen (secondary N) is 1. The SMILES string of the molecule is C[C@H](NCCCO)c1cc(F)cc(F)c1. The van der Waals surface area contributed by atoms with E-state index in [0.717, 1.165) is 6.07 Å². The van der Waals surface area contributed by atoms with E-state index in [1.807, 2.05) is 6.92 Å². The lowest BCUT2D eigenvalue weighted by molar-refractivity contribution is 0.284. The minimum absolute atomic E-state index is 0.108. The molecule has 0 radical (unpaired) electrons. The zero-order chi connectivity index (χ0) is 11.3. The molecule has 0 amide bonds. The minimum atomic E-state index is -0.569. The van der Waals surface area contributed by atoms with Crippen molar-refractivity contribution in [3.63, 3.8) is 0 Å². The summed E-state index contributed by atoms with van der Waals surface area (Å²) in [6.45, 7) is 2.55. The first kappa shape index (κ1) is 12.1. The van der Waals surface area contributed by atoms with Crippen molar-refractivity contribution >= 4 is 0 Å². The lowest BCUT2D eigenvalue weighted by atomic mass is 10.1. The Labute approximate surface area is 87.9 Å². The van der Waals surface area contributed by atoms with Crippen molar-refractivity contribution < 1.29 is 13.9 Å². The molecular weight excluding hydrogens is 200 g/mol. The monoisotopic (exact) mass is 215 g/mol. The molecule has 2 N–H and O–H groups in total. The first-order valence-electron chi connectivity index (χ1n) is 4.93. The Hall–Kier alpha value is -1.00. The molecule has 2 nitrogen and oxygen atoms in total. The van der Waals surface area contributed by atoms with Crippen LogP contribution in [0.2, 0.25) is 0 Å². The molecule has 0 aliphatic carbocycles. The van der Waals surface area contributed by atoms with Crippen LogP contribution in [-0.4, -0.2) is 18.3 Å². The van der Waals surface area contributed by atoms with Crippen molar-refractivity contribution in [1.29, 1.82) is 0 Å². The molecule has 1 aromatic carbocycles. The summed E-state index contributed by atoms with van der Waals surface area (Å²) in [5, 5.41) is 11.6. The van der Waals surface area contributed by atoms with E-state index in [9.17, 15) is 8.78 Å². The quantitative estimate of drug-likeness (QED) is 0.736. The fourth-order valence-corrected chi connectivity index (χ4v) is 1.34. The summed E-state index contributed by atoms with van der Waals surface area (Å²) >= 11 is 0. The highest BCUT2D eigenvalue weighted by molar-refractivity contribution is 5.20. The van der Waals surface area contributed by atoms with Crippen LogP contribution in [0.3, 0.4) is 0 Å². The topological polar surface area (TPSA) is 32.3 Å². The number of aliphatic hydroxyl groups is 1. The Balaban J connectivity index is 2.60. The second-order valence-corrected chi connectivity index (χ2v) is 3.46. The second-order valence-electron chi connectivity index (χ2n) is 3.46. The molecule has 1 aromatic rings. The highest BCUT2D eigenvalue weighted by atomic mass is 19.1. The van der Waals surface area contributed by atoms with E-state index >= 15 is 0 Å². The van der Waals surface area contributed by atoms with E-state index in [0.29, 0.717) is 18.5 Å². The molecule has 0 aliphatic heterocycles. The fourth-order valence-electron chi connectivity index (χ4n) is 1.34. The maximum absolute atomic E-state index is 12.9. The number of halogens is 2. The standard InChI is InChI=1S/C11H15F2NO/c1-8(14-3-2-4-15)9-5-10(12)7-11(13)6-9/h5-8,14-15H,2-4H2,1H3/t8-/m0/s1. The van der Waals surface area contributed by atoms with E-state index in [4.69, 9.17) is 5.11 Å². The van der Waals surface area contributed by atoms with E-state index in [2.05, 4.69) is 5.32 Å². The van der Waals surface area contributed by atoms with Crippen LogP contribution in [0.1, 0.15) is 24.9 Å².